The first-order chi connectivity index (χ1) is 7.58. The highest BCUT2D eigenvalue weighted by molar-refractivity contribution is 5.43. The van der Waals surface area contributed by atoms with E-state index in [2.05, 4.69) is 39.8 Å². The third kappa shape index (κ3) is 3.16. The Bertz CT molecular complexity index is 332. The van der Waals surface area contributed by atoms with Crippen molar-refractivity contribution in [1.82, 2.24) is 0 Å². The first kappa shape index (κ1) is 12.9. The molecule has 1 unspecified atom stereocenters. The average molecular weight is 222 g/mol. The quantitative estimate of drug-likeness (QED) is 0.749. The molecule has 0 saturated carbocycles. The maximum absolute atomic E-state index is 5.80. The number of hydrogen-bond acceptors (Lipinski definition) is 2. The summed E-state index contributed by atoms with van der Waals surface area (Å²) in [6.07, 6.45) is 1.22. The Morgan fingerprint density at radius 1 is 1.12 bits per heavy atom. The van der Waals surface area contributed by atoms with Crippen LogP contribution in [0.5, 0.6) is 11.5 Å². The van der Waals surface area contributed by atoms with Crippen LogP contribution in [0.1, 0.15) is 45.6 Å². The summed E-state index contributed by atoms with van der Waals surface area (Å²) in [5.74, 6) is 2.17. The van der Waals surface area contributed by atoms with E-state index in [4.69, 9.17) is 9.47 Å². The summed E-state index contributed by atoms with van der Waals surface area (Å²) in [5, 5.41) is 0. The molecule has 2 nitrogen and oxygen atoms in total. The number of methoxy groups -OCH3 is 1. The minimum absolute atomic E-state index is 0.221. The van der Waals surface area contributed by atoms with Gasteiger partial charge in [-0.25, -0.2) is 0 Å². The van der Waals surface area contributed by atoms with Gasteiger partial charge in [0.2, 0.25) is 0 Å². The normalized spacial score (nSPS) is 12.6. The van der Waals surface area contributed by atoms with Gasteiger partial charge in [-0.15, -0.1) is 0 Å². The van der Waals surface area contributed by atoms with Gasteiger partial charge in [0.15, 0.2) is 11.5 Å². The summed E-state index contributed by atoms with van der Waals surface area (Å²) < 4.78 is 11.2. The van der Waals surface area contributed by atoms with Gasteiger partial charge < -0.3 is 9.47 Å². The molecule has 90 valence electrons. The molecular formula is C14H22O2. The van der Waals surface area contributed by atoms with E-state index in [-0.39, 0.29) is 6.10 Å². The minimum atomic E-state index is 0.221. The van der Waals surface area contributed by atoms with Gasteiger partial charge in [-0.05, 0) is 37.0 Å². The highest BCUT2D eigenvalue weighted by atomic mass is 16.5. The van der Waals surface area contributed by atoms with Gasteiger partial charge >= 0.3 is 0 Å². The molecule has 0 aliphatic rings. The maximum Gasteiger partial charge on any atom is 0.161 e. The van der Waals surface area contributed by atoms with Crippen LogP contribution in [0.15, 0.2) is 18.2 Å². The van der Waals surface area contributed by atoms with Crippen molar-refractivity contribution in [3.05, 3.63) is 23.8 Å². The zero-order chi connectivity index (χ0) is 12.1. The van der Waals surface area contributed by atoms with Crippen LogP contribution in [0.25, 0.3) is 0 Å². The summed E-state index contributed by atoms with van der Waals surface area (Å²) in [7, 11) is 1.68. The van der Waals surface area contributed by atoms with E-state index < -0.39 is 0 Å². The van der Waals surface area contributed by atoms with Gasteiger partial charge in [0.1, 0.15) is 0 Å². The molecular weight excluding hydrogens is 200 g/mol. The molecule has 1 aromatic rings. The van der Waals surface area contributed by atoms with E-state index in [0.717, 1.165) is 17.9 Å². The number of ether oxygens (including phenoxy) is 2. The molecule has 1 rings (SSSR count). The van der Waals surface area contributed by atoms with Crippen LogP contribution in [0.2, 0.25) is 0 Å². The van der Waals surface area contributed by atoms with E-state index >= 15 is 0 Å². The van der Waals surface area contributed by atoms with Crippen LogP contribution in [-0.4, -0.2) is 13.2 Å². The standard InChI is InChI=1S/C14H22O2/c1-6-11(4)16-13-8-7-12(10(2)3)9-14(13)15-5/h7-11H,6H2,1-5H3. The number of rotatable bonds is 5. The molecule has 0 N–H and O–H groups in total. The Morgan fingerprint density at radius 3 is 2.31 bits per heavy atom. The Balaban J connectivity index is 2.93. The lowest BCUT2D eigenvalue weighted by molar-refractivity contribution is 0.207. The van der Waals surface area contributed by atoms with Crippen LogP contribution < -0.4 is 9.47 Å². The molecule has 0 spiro atoms. The summed E-state index contributed by atoms with van der Waals surface area (Å²) in [6, 6.07) is 6.16. The average Bonchev–Trinajstić information content (AvgIpc) is 2.29. The molecule has 0 aromatic heterocycles. The second-order valence-corrected chi connectivity index (χ2v) is 4.40. The molecule has 1 aromatic carbocycles. The first-order valence-corrected chi connectivity index (χ1v) is 5.93. The lowest BCUT2D eigenvalue weighted by Crippen LogP contribution is -2.10. The summed E-state index contributed by atoms with van der Waals surface area (Å²) in [5.41, 5.74) is 1.27. The highest BCUT2D eigenvalue weighted by Crippen LogP contribution is 2.31. The van der Waals surface area contributed by atoms with E-state index in [1.165, 1.54) is 5.56 Å². The van der Waals surface area contributed by atoms with E-state index in [0.29, 0.717) is 5.92 Å². The topological polar surface area (TPSA) is 18.5 Å². The molecule has 2 heteroatoms. The smallest absolute Gasteiger partial charge is 0.161 e. The van der Waals surface area contributed by atoms with Gasteiger partial charge in [0.05, 0.1) is 13.2 Å². The molecule has 0 aliphatic carbocycles. The highest BCUT2D eigenvalue weighted by Gasteiger charge is 2.10. The van der Waals surface area contributed by atoms with E-state index in [1.54, 1.807) is 7.11 Å². The first-order valence-electron chi connectivity index (χ1n) is 5.93. The van der Waals surface area contributed by atoms with Crippen molar-refractivity contribution >= 4 is 0 Å². The van der Waals surface area contributed by atoms with Gasteiger partial charge in [-0.1, -0.05) is 26.8 Å². The Kier molecular flexibility index (Phi) is 4.66. The molecule has 0 bridgehead atoms. The molecule has 0 radical (unpaired) electrons. The number of hydrogen-bond donors (Lipinski definition) is 0. The second kappa shape index (κ2) is 5.78. The third-order valence-corrected chi connectivity index (χ3v) is 2.76. The van der Waals surface area contributed by atoms with Gasteiger partial charge in [0, 0.05) is 0 Å². The molecule has 0 heterocycles. The lowest BCUT2D eigenvalue weighted by atomic mass is 10.0. The minimum Gasteiger partial charge on any atom is -0.493 e. The van der Waals surface area contributed by atoms with Crippen molar-refractivity contribution in [2.24, 2.45) is 0 Å². The fourth-order valence-corrected chi connectivity index (χ4v) is 1.44. The predicted molar refractivity (Wildman–Crippen MR) is 67.5 cm³/mol. The van der Waals surface area contributed by atoms with Gasteiger partial charge in [0.25, 0.3) is 0 Å². The SMILES string of the molecule is CCC(C)Oc1ccc(C(C)C)cc1OC. The molecule has 0 aliphatic heterocycles. The predicted octanol–water partition coefficient (Wildman–Crippen LogP) is 4.00. The van der Waals surface area contributed by atoms with Gasteiger partial charge in [-0.2, -0.15) is 0 Å². The van der Waals surface area contributed by atoms with Gasteiger partial charge in [-0.3, -0.25) is 0 Å². The zero-order valence-corrected chi connectivity index (χ0v) is 10.9. The van der Waals surface area contributed by atoms with Crippen molar-refractivity contribution < 1.29 is 9.47 Å². The molecule has 0 amide bonds. The summed E-state index contributed by atoms with van der Waals surface area (Å²) in [6.45, 7) is 8.52. The van der Waals surface area contributed by atoms with Crippen LogP contribution in [0.3, 0.4) is 0 Å². The Morgan fingerprint density at radius 2 is 1.81 bits per heavy atom. The van der Waals surface area contributed by atoms with Crippen molar-refractivity contribution in [3.63, 3.8) is 0 Å². The molecule has 0 saturated heterocycles. The maximum atomic E-state index is 5.80. The van der Waals surface area contributed by atoms with Crippen molar-refractivity contribution in [2.45, 2.75) is 46.1 Å². The molecule has 1 atom stereocenters. The summed E-state index contributed by atoms with van der Waals surface area (Å²) >= 11 is 0. The largest absolute Gasteiger partial charge is 0.493 e. The van der Waals surface area contributed by atoms with Crippen molar-refractivity contribution in [3.8, 4) is 11.5 Å². The van der Waals surface area contributed by atoms with Crippen LogP contribution in [0.4, 0.5) is 0 Å². The Labute approximate surface area is 98.6 Å². The monoisotopic (exact) mass is 222 g/mol. The van der Waals surface area contributed by atoms with Crippen molar-refractivity contribution in [2.75, 3.05) is 7.11 Å². The fraction of sp³-hybridized carbons (Fsp3) is 0.571. The Hall–Kier alpha value is -1.18. The lowest BCUT2D eigenvalue weighted by Gasteiger charge is -2.17. The molecule has 16 heavy (non-hydrogen) atoms. The summed E-state index contributed by atoms with van der Waals surface area (Å²) in [4.78, 5) is 0. The molecule has 0 fully saturated rings. The number of benzene rings is 1. The van der Waals surface area contributed by atoms with E-state index in [9.17, 15) is 0 Å². The van der Waals surface area contributed by atoms with Crippen molar-refractivity contribution in [1.29, 1.82) is 0 Å². The fourth-order valence-electron chi connectivity index (χ4n) is 1.44. The van der Waals surface area contributed by atoms with Crippen LogP contribution in [-0.2, 0) is 0 Å². The van der Waals surface area contributed by atoms with E-state index in [1.807, 2.05) is 6.07 Å². The zero-order valence-electron chi connectivity index (χ0n) is 10.9. The van der Waals surface area contributed by atoms with Crippen LogP contribution in [0, 0.1) is 0 Å². The third-order valence-electron chi connectivity index (χ3n) is 2.76. The second-order valence-electron chi connectivity index (χ2n) is 4.40. The van der Waals surface area contributed by atoms with Crippen LogP contribution >= 0.6 is 0 Å².